The number of benzene rings is 1. The number of rotatable bonds is 4. The molecule has 1 amide bonds. The van der Waals surface area contributed by atoms with Gasteiger partial charge in [-0.3, -0.25) is 4.79 Å². The lowest BCUT2D eigenvalue weighted by atomic mass is 9.71. The molecule has 0 aromatic heterocycles. The molecular formula is C21H28F3NO5. The molecule has 1 N–H and O–H groups in total. The molecule has 6 nitrogen and oxygen atoms in total. The zero-order valence-corrected chi connectivity index (χ0v) is 17.9. The van der Waals surface area contributed by atoms with Crippen molar-refractivity contribution >= 4 is 5.91 Å². The van der Waals surface area contributed by atoms with Crippen LogP contribution in [0.4, 0.5) is 13.2 Å². The second-order valence-electron chi connectivity index (χ2n) is 8.83. The SMILES string of the molecule is COc1ccc(OC)c2c1CCC(NC(=O)C(F)(F)F)(C1(C)OCC(C)(C)CO1)C2. The van der Waals surface area contributed by atoms with E-state index in [9.17, 15) is 18.0 Å². The van der Waals surface area contributed by atoms with Gasteiger partial charge in [-0.05, 0) is 31.9 Å². The van der Waals surface area contributed by atoms with Crippen molar-refractivity contribution in [2.24, 2.45) is 5.41 Å². The van der Waals surface area contributed by atoms with Crippen LogP contribution in [-0.2, 0) is 27.1 Å². The molecule has 0 radical (unpaired) electrons. The summed E-state index contributed by atoms with van der Waals surface area (Å²) >= 11 is 0. The normalized spacial score (nSPS) is 25.2. The van der Waals surface area contributed by atoms with Gasteiger partial charge in [-0.25, -0.2) is 0 Å². The number of hydrogen-bond acceptors (Lipinski definition) is 5. The Bertz CT molecular complexity index is 814. The van der Waals surface area contributed by atoms with Crippen LogP contribution in [0.25, 0.3) is 0 Å². The Balaban J connectivity index is 2.07. The smallest absolute Gasteiger partial charge is 0.471 e. The summed E-state index contributed by atoms with van der Waals surface area (Å²) in [5.41, 5.74) is -0.220. The summed E-state index contributed by atoms with van der Waals surface area (Å²) in [4.78, 5) is 12.0. The first-order valence-corrected chi connectivity index (χ1v) is 9.76. The minimum atomic E-state index is -5.03. The van der Waals surface area contributed by atoms with E-state index in [4.69, 9.17) is 18.9 Å². The molecule has 1 aliphatic carbocycles. The van der Waals surface area contributed by atoms with E-state index in [0.717, 1.165) is 5.56 Å². The zero-order chi connectivity index (χ0) is 22.4. The van der Waals surface area contributed by atoms with E-state index in [1.165, 1.54) is 14.2 Å². The van der Waals surface area contributed by atoms with Gasteiger partial charge in [-0.1, -0.05) is 13.8 Å². The summed E-state index contributed by atoms with van der Waals surface area (Å²) in [5, 5.41) is 2.23. The molecule has 1 heterocycles. The van der Waals surface area contributed by atoms with Gasteiger partial charge in [0.2, 0.25) is 0 Å². The molecular weight excluding hydrogens is 403 g/mol. The first-order valence-electron chi connectivity index (χ1n) is 9.76. The molecule has 1 saturated heterocycles. The van der Waals surface area contributed by atoms with Crippen LogP contribution in [0.2, 0.25) is 0 Å². The van der Waals surface area contributed by atoms with Crippen LogP contribution >= 0.6 is 0 Å². The summed E-state index contributed by atoms with van der Waals surface area (Å²) in [7, 11) is 3.02. The van der Waals surface area contributed by atoms with Crippen molar-refractivity contribution in [1.82, 2.24) is 5.32 Å². The van der Waals surface area contributed by atoms with Crippen LogP contribution in [0.15, 0.2) is 12.1 Å². The molecule has 0 bridgehead atoms. The number of hydrogen-bond donors (Lipinski definition) is 1. The van der Waals surface area contributed by atoms with Crippen LogP contribution in [0.1, 0.15) is 38.3 Å². The molecule has 1 aromatic carbocycles. The van der Waals surface area contributed by atoms with Crippen molar-refractivity contribution in [2.45, 2.75) is 57.5 Å². The van der Waals surface area contributed by atoms with Gasteiger partial charge in [0.05, 0.1) is 33.0 Å². The third-order valence-electron chi connectivity index (χ3n) is 6.02. The van der Waals surface area contributed by atoms with E-state index >= 15 is 0 Å². The number of methoxy groups -OCH3 is 2. The van der Waals surface area contributed by atoms with Gasteiger partial charge in [-0.2, -0.15) is 13.2 Å². The highest BCUT2D eigenvalue weighted by Gasteiger charge is 2.58. The van der Waals surface area contributed by atoms with Crippen molar-refractivity contribution in [3.63, 3.8) is 0 Å². The number of carbonyl (C=O) groups excluding carboxylic acids is 1. The number of ether oxygens (including phenoxy) is 4. The Morgan fingerprint density at radius 3 is 2.07 bits per heavy atom. The molecule has 1 aromatic rings. The quantitative estimate of drug-likeness (QED) is 0.792. The highest BCUT2D eigenvalue weighted by molar-refractivity contribution is 5.82. The molecule has 30 heavy (non-hydrogen) atoms. The summed E-state index contributed by atoms with van der Waals surface area (Å²) < 4.78 is 62.5. The standard InChI is InChI=1S/C21H28F3NO5/c1-18(2)11-29-19(3,30-12-18)20(25-17(26)21(22,23)24)9-8-13-14(10-20)16(28-5)7-6-15(13)27-4/h6-7H,8-12H2,1-5H3,(H,25,26). The maximum Gasteiger partial charge on any atom is 0.471 e. The summed E-state index contributed by atoms with van der Waals surface area (Å²) in [5.74, 6) is -2.34. The fourth-order valence-electron chi connectivity index (χ4n) is 4.15. The lowest BCUT2D eigenvalue weighted by Gasteiger charge is -2.54. The van der Waals surface area contributed by atoms with E-state index in [1.54, 1.807) is 19.1 Å². The molecule has 1 unspecified atom stereocenters. The van der Waals surface area contributed by atoms with Crippen molar-refractivity contribution in [2.75, 3.05) is 27.4 Å². The number of amides is 1. The Hall–Kier alpha value is -2.00. The minimum Gasteiger partial charge on any atom is -0.496 e. The number of carbonyl (C=O) groups is 1. The van der Waals surface area contributed by atoms with Crippen LogP contribution in [0.3, 0.4) is 0 Å². The predicted octanol–water partition coefficient (Wildman–Crippen LogP) is 3.40. The van der Waals surface area contributed by atoms with E-state index in [0.29, 0.717) is 23.5 Å². The molecule has 0 spiro atoms. The van der Waals surface area contributed by atoms with Gasteiger partial charge in [-0.15, -0.1) is 0 Å². The van der Waals surface area contributed by atoms with Crippen LogP contribution in [0.5, 0.6) is 11.5 Å². The third-order valence-corrected chi connectivity index (χ3v) is 6.02. The van der Waals surface area contributed by atoms with Crippen molar-refractivity contribution in [3.05, 3.63) is 23.3 Å². The van der Waals surface area contributed by atoms with E-state index in [1.807, 2.05) is 13.8 Å². The third kappa shape index (κ3) is 3.97. The number of fused-ring (bicyclic) bond motifs is 1. The van der Waals surface area contributed by atoms with E-state index in [2.05, 4.69) is 5.32 Å². The van der Waals surface area contributed by atoms with Crippen molar-refractivity contribution in [1.29, 1.82) is 0 Å². The highest BCUT2D eigenvalue weighted by atomic mass is 19.4. The molecule has 0 saturated carbocycles. The predicted molar refractivity (Wildman–Crippen MR) is 103 cm³/mol. The molecule has 168 valence electrons. The minimum absolute atomic E-state index is 0.0431. The Morgan fingerprint density at radius 1 is 1.03 bits per heavy atom. The maximum atomic E-state index is 13.2. The van der Waals surface area contributed by atoms with Crippen LogP contribution in [-0.4, -0.2) is 50.8 Å². The molecule has 1 aliphatic heterocycles. The monoisotopic (exact) mass is 431 g/mol. The lowest BCUT2D eigenvalue weighted by Crippen LogP contribution is -2.71. The second kappa shape index (κ2) is 7.60. The average Bonchev–Trinajstić information content (AvgIpc) is 2.68. The molecule has 1 fully saturated rings. The summed E-state index contributed by atoms with van der Waals surface area (Å²) in [6.45, 7) is 6.05. The van der Waals surface area contributed by atoms with Gasteiger partial charge in [0, 0.05) is 23.0 Å². The maximum absolute atomic E-state index is 13.2. The topological polar surface area (TPSA) is 66.0 Å². The second-order valence-corrected chi connectivity index (χ2v) is 8.83. The molecule has 3 rings (SSSR count). The fraction of sp³-hybridized carbons (Fsp3) is 0.667. The Labute approximate surface area is 174 Å². The van der Waals surface area contributed by atoms with Crippen LogP contribution in [0, 0.1) is 5.41 Å². The Morgan fingerprint density at radius 2 is 1.57 bits per heavy atom. The van der Waals surface area contributed by atoms with E-state index in [-0.39, 0.29) is 31.5 Å². The molecule has 9 heteroatoms. The summed E-state index contributed by atoms with van der Waals surface area (Å²) in [6.07, 6.45) is -4.45. The molecule has 1 atom stereocenters. The van der Waals surface area contributed by atoms with Gasteiger partial charge >= 0.3 is 12.1 Å². The van der Waals surface area contributed by atoms with Crippen molar-refractivity contribution in [3.8, 4) is 11.5 Å². The van der Waals surface area contributed by atoms with Crippen molar-refractivity contribution < 1.29 is 36.9 Å². The number of nitrogens with one attached hydrogen (secondary N) is 1. The number of alkyl halides is 3. The largest absolute Gasteiger partial charge is 0.496 e. The van der Waals surface area contributed by atoms with Gasteiger partial charge in [0.15, 0.2) is 5.79 Å². The molecule has 2 aliphatic rings. The van der Waals surface area contributed by atoms with E-state index < -0.39 is 23.4 Å². The number of halogens is 3. The highest BCUT2D eigenvalue weighted by Crippen LogP contribution is 2.47. The first kappa shape index (κ1) is 22.7. The zero-order valence-electron chi connectivity index (χ0n) is 17.9. The Kier molecular flexibility index (Phi) is 5.75. The van der Waals surface area contributed by atoms with Gasteiger partial charge < -0.3 is 24.3 Å². The summed E-state index contributed by atoms with van der Waals surface area (Å²) in [6, 6.07) is 3.46. The fourth-order valence-corrected chi connectivity index (χ4v) is 4.15. The van der Waals surface area contributed by atoms with Crippen LogP contribution < -0.4 is 14.8 Å². The van der Waals surface area contributed by atoms with Gasteiger partial charge in [0.1, 0.15) is 11.5 Å². The first-order chi connectivity index (χ1) is 13.9. The average molecular weight is 431 g/mol. The lowest BCUT2D eigenvalue weighted by molar-refractivity contribution is -0.324. The van der Waals surface area contributed by atoms with Gasteiger partial charge in [0.25, 0.3) is 0 Å².